The molecule has 0 fully saturated rings. The van der Waals surface area contributed by atoms with Crippen molar-refractivity contribution in [1.29, 1.82) is 0 Å². The minimum atomic E-state index is -0.517. The van der Waals surface area contributed by atoms with Gasteiger partial charge in [0, 0.05) is 6.54 Å². The SMILES string of the molecule is C=C(CNC)Cn1ccc([N+](=O)[O-])n1. The average Bonchev–Trinajstić information content (AvgIpc) is 2.53. The first-order chi connectivity index (χ1) is 6.63. The Morgan fingerprint density at radius 1 is 1.86 bits per heavy atom. The molecular formula is C8H12N4O2. The minimum absolute atomic E-state index is 0.137. The smallest absolute Gasteiger partial charge is 0.358 e. The summed E-state index contributed by atoms with van der Waals surface area (Å²) in [4.78, 5) is 9.80. The summed E-state index contributed by atoms with van der Waals surface area (Å²) < 4.78 is 1.50. The Morgan fingerprint density at radius 3 is 3.07 bits per heavy atom. The fraction of sp³-hybridized carbons (Fsp3) is 0.375. The van der Waals surface area contributed by atoms with Gasteiger partial charge in [0.2, 0.25) is 0 Å². The van der Waals surface area contributed by atoms with E-state index < -0.39 is 4.92 Å². The second kappa shape index (κ2) is 4.52. The summed E-state index contributed by atoms with van der Waals surface area (Å²) in [6, 6.07) is 1.37. The second-order valence-corrected chi connectivity index (χ2v) is 2.91. The zero-order chi connectivity index (χ0) is 10.6. The van der Waals surface area contributed by atoms with E-state index in [1.165, 1.54) is 10.7 Å². The molecule has 76 valence electrons. The average molecular weight is 196 g/mol. The highest BCUT2D eigenvalue weighted by atomic mass is 16.6. The van der Waals surface area contributed by atoms with Crippen molar-refractivity contribution in [3.8, 4) is 0 Å². The largest absolute Gasteiger partial charge is 0.389 e. The molecule has 0 aliphatic heterocycles. The Bertz CT molecular complexity index is 345. The van der Waals surface area contributed by atoms with Crippen LogP contribution >= 0.6 is 0 Å². The summed E-state index contributed by atoms with van der Waals surface area (Å²) in [6.07, 6.45) is 1.57. The molecule has 0 radical (unpaired) electrons. The van der Waals surface area contributed by atoms with Crippen LogP contribution in [0.4, 0.5) is 5.82 Å². The maximum atomic E-state index is 10.3. The summed E-state index contributed by atoms with van der Waals surface area (Å²) in [5, 5.41) is 17.0. The van der Waals surface area contributed by atoms with Crippen LogP contribution < -0.4 is 5.32 Å². The van der Waals surface area contributed by atoms with Gasteiger partial charge < -0.3 is 15.4 Å². The van der Waals surface area contributed by atoms with E-state index >= 15 is 0 Å². The third-order valence-corrected chi connectivity index (χ3v) is 1.63. The van der Waals surface area contributed by atoms with Crippen LogP contribution in [-0.4, -0.2) is 28.3 Å². The lowest BCUT2D eigenvalue weighted by Crippen LogP contribution is -2.14. The number of hydrogen-bond donors (Lipinski definition) is 1. The lowest BCUT2D eigenvalue weighted by atomic mass is 10.3. The molecule has 1 N–H and O–H groups in total. The van der Waals surface area contributed by atoms with Crippen molar-refractivity contribution in [1.82, 2.24) is 15.1 Å². The number of nitrogens with zero attached hydrogens (tertiary/aromatic N) is 3. The monoisotopic (exact) mass is 196 g/mol. The fourth-order valence-electron chi connectivity index (χ4n) is 1.07. The predicted octanol–water partition coefficient (Wildman–Crippen LogP) is 0.567. The lowest BCUT2D eigenvalue weighted by Gasteiger charge is -2.00. The Kier molecular flexibility index (Phi) is 3.35. The molecule has 0 bridgehead atoms. The van der Waals surface area contributed by atoms with Crippen LogP contribution in [0.3, 0.4) is 0 Å². The Morgan fingerprint density at radius 2 is 2.57 bits per heavy atom. The molecule has 1 aromatic heterocycles. The Hall–Kier alpha value is -1.69. The summed E-state index contributed by atoms with van der Waals surface area (Å²) in [5.74, 6) is -0.137. The van der Waals surface area contributed by atoms with Gasteiger partial charge >= 0.3 is 5.82 Å². The van der Waals surface area contributed by atoms with E-state index in [0.717, 1.165) is 5.57 Å². The van der Waals surface area contributed by atoms with Crippen molar-refractivity contribution < 1.29 is 4.92 Å². The van der Waals surface area contributed by atoms with Crippen LogP contribution in [0.25, 0.3) is 0 Å². The standard InChI is InChI=1S/C8H12N4O2/c1-7(5-9-2)6-11-4-3-8(10-11)12(13)14/h3-4,9H,1,5-6H2,2H3. The fourth-order valence-corrected chi connectivity index (χ4v) is 1.07. The molecule has 0 saturated carbocycles. The molecule has 1 heterocycles. The minimum Gasteiger partial charge on any atom is -0.358 e. The van der Waals surface area contributed by atoms with Gasteiger partial charge in [0.1, 0.15) is 0 Å². The first kappa shape index (κ1) is 10.4. The van der Waals surface area contributed by atoms with E-state index in [1.807, 2.05) is 7.05 Å². The molecule has 0 unspecified atom stereocenters. The number of rotatable bonds is 5. The molecule has 0 aliphatic carbocycles. The third-order valence-electron chi connectivity index (χ3n) is 1.63. The maximum Gasteiger partial charge on any atom is 0.389 e. The molecule has 0 aliphatic rings. The summed E-state index contributed by atoms with van der Waals surface area (Å²) in [5.41, 5.74) is 0.922. The van der Waals surface area contributed by atoms with Crippen LogP contribution in [0.1, 0.15) is 0 Å². The highest BCUT2D eigenvalue weighted by molar-refractivity contribution is 5.14. The molecule has 0 saturated heterocycles. The van der Waals surface area contributed by atoms with E-state index in [9.17, 15) is 10.1 Å². The second-order valence-electron chi connectivity index (χ2n) is 2.91. The molecule has 6 heteroatoms. The Labute approximate surface area is 81.4 Å². The van der Waals surface area contributed by atoms with Gasteiger partial charge in [0.05, 0.1) is 23.9 Å². The van der Waals surface area contributed by atoms with Crippen molar-refractivity contribution in [2.45, 2.75) is 6.54 Å². The molecule has 1 aromatic rings. The van der Waals surface area contributed by atoms with E-state index in [0.29, 0.717) is 13.1 Å². The van der Waals surface area contributed by atoms with Gasteiger partial charge in [-0.1, -0.05) is 6.58 Å². The van der Waals surface area contributed by atoms with Gasteiger partial charge in [-0.15, -0.1) is 0 Å². The third kappa shape index (κ3) is 2.67. The molecule has 0 aromatic carbocycles. The molecular weight excluding hydrogens is 184 g/mol. The molecule has 0 spiro atoms. The first-order valence-electron chi connectivity index (χ1n) is 4.12. The quantitative estimate of drug-likeness (QED) is 0.424. The van der Waals surface area contributed by atoms with Crippen LogP contribution in [0.15, 0.2) is 24.4 Å². The van der Waals surface area contributed by atoms with Crippen LogP contribution in [0, 0.1) is 10.1 Å². The topological polar surface area (TPSA) is 73.0 Å². The molecule has 0 amide bonds. The predicted molar refractivity (Wildman–Crippen MR) is 51.9 cm³/mol. The van der Waals surface area contributed by atoms with Crippen LogP contribution in [-0.2, 0) is 6.54 Å². The lowest BCUT2D eigenvalue weighted by molar-refractivity contribution is -0.389. The molecule has 14 heavy (non-hydrogen) atoms. The number of hydrogen-bond acceptors (Lipinski definition) is 4. The van der Waals surface area contributed by atoms with Crippen molar-refractivity contribution in [3.05, 3.63) is 34.5 Å². The van der Waals surface area contributed by atoms with Crippen molar-refractivity contribution in [2.24, 2.45) is 0 Å². The van der Waals surface area contributed by atoms with E-state index in [2.05, 4.69) is 17.0 Å². The van der Waals surface area contributed by atoms with Crippen molar-refractivity contribution in [2.75, 3.05) is 13.6 Å². The molecule has 6 nitrogen and oxygen atoms in total. The van der Waals surface area contributed by atoms with Gasteiger partial charge in [0.25, 0.3) is 0 Å². The maximum absolute atomic E-state index is 10.3. The van der Waals surface area contributed by atoms with Gasteiger partial charge in [-0.2, -0.15) is 4.68 Å². The van der Waals surface area contributed by atoms with E-state index in [-0.39, 0.29) is 5.82 Å². The van der Waals surface area contributed by atoms with E-state index in [4.69, 9.17) is 0 Å². The summed E-state index contributed by atoms with van der Waals surface area (Å²) >= 11 is 0. The van der Waals surface area contributed by atoms with Crippen LogP contribution in [0.2, 0.25) is 0 Å². The van der Waals surface area contributed by atoms with Crippen molar-refractivity contribution >= 4 is 5.82 Å². The molecule has 1 rings (SSSR count). The number of aromatic nitrogens is 2. The van der Waals surface area contributed by atoms with Gasteiger partial charge in [0.15, 0.2) is 0 Å². The van der Waals surface area contributed by atoms with Crippen molar-refractivity contribution in [3.63, 3.8) is 0 Å². The van der Waals surface area contributed by atoms with Crippen LogP contribution in [0.5, 0.6) is 0 Å². The van der Waals surface area contributed by atoms with Gasteiger partial charge in [-0.25, -0.2) is 0 Å². The number of nitro groups is 1. The first-order valence-corrected chi connectivity index (χ1v) is 4.12. The van der Waals surface area contributed by atoms with Gasteiger partial charge in [-0.3, -0.25) is 0 Å². The highest BCUT2D eigenvalue weighted by Crippen LogP contribution is 2.06. The Balaban J connectivity index is 2.59. The normalized spacial score (nSPS) is 10.1. The highest BCUT2D eigenvalue weighted by Gasteiger charge is 2.10. The van der Waals surface area contributed by atoms with Gasteiger partial charge in [-0.05, 0) is 17.5 Å². The summed E-state index contributed by atoms with van der Waals surface area (Å²) in [6.45, 7) is 4.97. The zero-order valence-corrected chi connectivity index (χ0v) is 7.93. The van der Waals surface area contributed by atoms with E-state index in [1.54, 1.807) is 6.20 Å². The molecule has 0 atom stereocenters. The zero-order valence-electron chi connectivity index (χ0n) is 7.93. The summed E-state index contributed by atoms with van der Waals surface area (Å²) in [7, 11) is 1.82. The number of nitrogens with one attached hydrogen (secondary N) is 1. The number of likely N-dealkylation sites (N-methyl/N-ethyl adjacent to an activating group) is 1.